The molecule has 0 saturated carbocycles. The molecule has 1 unspecified atom stereocenters. The van der Waals surface area contributed by atoms with Crippen LogP contribution in [-0.4, -0.2) is 42.0 Å². The van der Waals surface area contributed by atoms with Gasteiger partial charge in [0, 0.05) is 25.8 Å². The number of Topliss-reactive ketones (excluding diaryl/α,β-unsaturated/α-hetero) is 1. The quantitative estimate of drug-likeness (QED) is 0.133. The highest BCUT2D eigenvalue weighted by Crippen LogP contribution is 2.40. The smallest absolute Gasteiger partial charge is 0.295 e. The summed E-state index contributed by atoms with van der Waals surface area (Å²) in [5, 5.41) is 13.3. The van der Waals surface area contributed by atoms with Crippen molar-refractivity contribution in [2.45, 2.75) is 19.1 Å². The number of carbonyl (C=O) groups excluding carboxylic acids is 2. The number of benzene rings is 4. The lowest BCUT2D eigenvalue weighted by Gasteiger charge is -2.25. The first-order chi connectivity index (χ1) is 18.6. The Bertz CT molecular complexity index is 1480. The van der Waals surface area contributed by atoms with E-state index in [4.69, 9.17) is 9.47 Å². The van der Waals surface area contributed by atoms with E-state index in [0.717, 1.165) is 21.9 Å². The lowest BCUT2D eigenvalue weighted by molar-refractivity contribution is -0.140. The SMILES string of the molecule is COCCCN1C(=O)C(=O)/C(=C(\O)c2ccc3ccccc3c2)C1c1ccc(OCc2ccccc2)cc1. The molecule has 4 aromatic rings. The van der Waals surface area contributed by atoms with Crippen LogP contribution in [0.25, 0.3) is 16.5 Å². The Morgan fingerprint density at radius 2 is 1.58 bits per heavy atom. The molecule has 6 nitrogen and oxygen atoms in total. The summed E-state index contributed by atoms with van der Waals surface area (Å²) in [7, 11) is 1.60. The molecule has 1 aliphatic rings. The molecule has 38 heavy (non-hydrogen) atoms. The Hall–Kier alpha value is -4.42. The minimum Gasteiger partial charge on any atom is -0.507 e. The summed E-state index contributed by atoms with van der Waals surface area (Å²) in [6.45, 7) is 1.20. The fraction of sp³-hybridized carbons (Fsp3) is 0.188. The molecule has 4 aromatic carbocycles. The number of aliphatic hydroxyl groups excluding tert-OH is 1. The van der Waals surface area contributed by atoms with E-state index in [0.29, 0.717) is 37.5 Å². The molecule has 0 radical (unpaired) electrons. The van der Waals surface area contributed by atoms with Crippen molar-refractivity contribution in [3.05, 3.63) is 119 Å². The molecule has 1 aliphatic heterocycles. The summed E-state index contributed by atoms with van der Waals surface area (Å²) in [6.07, 6.45) is 0.564. The molecule has 0 spiro atoms. The van der Waals surface area contributed by atoms with Crippen LogP contribution in [0.4, 0.5) is 0 Å². The Balaban J connectivity index is 1.50. The lowest BCUT2D eigenvalue weighted by Crippen LogP contribution is -2.31. The van der Waals surface area contributed by atoms with Gasteiger partial charge in [-0.3, -0.25) is 9.59 Å². The number of carbonyl (C=O) groups is 2. The number of rotatable bonds is 9. The highest BCUT2D eigenvalue weighted by atomic mass is 16.5. The topological polar surface area (TPSA) is 76.1 Å². The number of aliphatic hydroxyl groups is 1. The molecule has 1 fully saturated rings. The number of methoxy groups -OCH3 is 1. The molecule has 6 heteroatoms. The maximum atomic E-state index is 13.3. The lowest BCUT2D eigenvalue weighted by atomic mass is 9.94. The Labute approximate surface area is 221 Å². The second-order valence-corrected chi connectivity index (χ2v) is 9.24. The molecular formula is C32H29NO5. The van der Waals surface area contributed by atoms with E-state index in [2.05, 4.69) is 0 Å². The zero-order valence-electron chi connectivity index (χ0n) is 21.2. The fourth-order valence-electron chi connectivity index (χ4n) is 4.82. The third-order valence-electron chi connectivity index (χ3n) is 6.75. The number of hydrogen-bond donors (Lipinski definition) is 1. The van der Waals surface area contributed by atoms with Crippen LogP contribution in [0.2, 0.25) is 0 Å². The van der Waals surface area contributed by atoms with E-state index in [-0.39, 0.29) is 11.3 Å². The molecule has 1 heterocycles. The van der Waals surface area contributed by atoms with E-state index in [1.165, 1.54) is 4.90 Å². The standard InChI is InChI=1S/C32H29NO5/c1-37-19-7-18-33-29(24-14-16-27(17-15-24)38-21-22-8-3-2-4-9-22)28(31(35)32(33)36)30(34)26-13-12-23-10-5-6-11-25(23)20-26/h2-6,8-17,20,29,34H,7,18-19,21H2,1H3/b30-28-. The first-order valence-electron chi connectivity index (χ1n) is 12.6. The second-order valence-electron chi connectivity index (χ2n) is 9.24. The third kappa shape index (κ3) is 5.17. The summed E-state index contributed by atoms with van der Waals surface area (Å²) in [6, 6.07) is 29.8. The van der Waals surface area contributed by atoms with Gasteiger partial charge in [-0.2, -0.15) is 0 Å². The Kier molecular flexibility index (Phi) is 7.52. The normalized spacial score (nSPS) is 16.8. The van der Waals surface area contributed by atoms with Crippen LogP contribution in [0.5, 0.6) is 5.75 Å². The average molecular weight is 508 g/mol. The van der Waals surface area contributed by atoms with Gasteiger partial charge >= 0.3 is 0 Å². The van der Waals surface area contributed by atoms with Crippen molar-refractivity contribution in [2.75, 3.05) is 20.3 Å². The third-order valence-corrected chi connectivity index (χ3v) is 6.75. The molecule has 1 saturated heterocycles. The number of ketones is 1. The van der Waals surface area contributed by atoms with E-state index in [1.54, 1.807) is 13.2 Å². The maximum absolute atomic E-state index is 13.3. The minimum absolute atomic E-state index is 0.0839. The summed E-state index contributed by atoms with van der Waals surface area (Å²) < 4.78 is 11.1. The van der Waals surface area contributed by atoms with Crippen LogP contribution in [-0.2, 0) is 20.9 Å². The summed E-state index contributed by atoms with van der Waals surface area (Å²) in [5.74, 6) is -0.832. The average Bonchev–Trinajstić information content (AvgIpc) is 3.21. The molecular weight excluding hydrogens is 478 g/mol. The van der Waals surface area contributed by atoms with Gasteiger partial charge < -0.3 is 19.5 Å². The van der Waals surface area contributed by atoms with Crippen LogP contribution in [0.15, 0.2) is 103 Å². The van der Waals surface area contributed by atoms with Gasteiger partial charge in [0.2, 0.25) is 0 Å². The first kappa shape index (κ1) is 25.2. The molecule has 0 aliphatic carbocycles. The summed E-state index contributed by atoms with van der Waals surface area (Å²) >= 11 is 0. The Morgan fingerprint density at radius 1 is 0.868 bits per heavy atom. The van der Waals surface area contributed by atoms with Crippen molar-refractivity contribution < 1.29 is 24.2 Å². The molecule has 1 atom stereocenters. The zero-order chi connectivity index (χ0) is 26.5. The monoisotopic (exact) mass is 507 g/mol. The maximum Gasteiger partial charge on any atom is 0.295 e. The molecule has 0 bridgehead atoms. The van der Waals surface area contributed by atoms with Crippen molar-refractivity contribution in [2.24, 2.45) is 0 Å². The molecule has 1 N–H and O–H groups in total. The van der Waals surface area contributed by atoms with Gasteiger partial charge in [0.15, 0.2) is 0 Å². The van der Waals surface area contributed by atoms with Gasteiger partial charge in [-0.25, -0.2) is 0 Å². The van der Waals surface area contributed by atoms with Crippen LogP contribution < -0.4 is 4.74 Å². The van der Waals surface area contributed by atoms with Gasteiger partial charge in [-0.05, 0) is 46.5 Å². The molecule has 1 amide bonds. The second kappa shape index (κ2) is 11.3. The molecule has 192 valence electrons. The Morgan fingerprint density at radius 3 is 2.32 bits per heavy atom. The largest absolute Gasteiger partial charge is 0.507 e. The first-order valence-corrected chi connectivity index (χ1v) is 12.6. The van der Waals surface area contributed by atoms with E-state index >= 15 is 0 Å². The van der Waals surface area contributed by atoms with Crippen LogP contribution in [0.1, 0.15) is 29.2 Å². The summed E-state index contributed by atoms with van der Waals surface area (Å²) in [4.78, 5) is 27.9. The van der Waals surface area contributed by atoms with Gasteiger partial charge in [0.05, 0.1) is 11.6 Å². The van der Waals surface area contributed by atoms with Crippen molar-refractivity contribution in [3.8, 4) is 5.75 Å². The zero-order valence-corrected chi connectivity index (χ0v) is 21.2. The van der Waals surface area contributed by atoms with Crippen molar-refractivity contribution in [1.29, 1.82) is 0 Å². The number of nitrogens with zero attached hydrogens (tertiary/aromatic N) is 1. The van der Waals surface area contributed by atoms with E-state index < -0.39 is 17.7 Å². The highest BCUT2D eigenvalue weighted by Gasteiger charge is 2.45. The number of likely N-dealkylation sites (tertiary alicyclic amines) is 1. The minimum atomic E-state index is -0.721. The van der Waals surface area contributed by atoms with Gasteiger partial charge in [0.25, 0.3) is 11.7 Å². The number of fused-ring (bicyclic) bond motifs is 1. The van der Waals surface area contributed by atoms with Crippen molar-refractivity contribution in [1.82, 2.24) is 4.90 Å². The highest BCUT2D eigenvalue weighted by molar-refractivity contribution is 6.46. The predicted molar refractivity (Wildman–Crippen MR) is 147 cm³/mol. The number of ether oxygens (including phenoxy) is 2. The van der Waals surface area contributed by atoms with Crippen molar-refractivity contribution in [3.63, 3.8) is 0 Å². The van der Waals surface area contributed by atoms with E-state index in [9.17, 15) is 14.7 Å². The van der Waals surface area contributed by atoms with Crippen LogP contribution >= 0.6 is 0 Å². The van der Waals surface area contributed by atoms with Gasteiger partial charge in [0.1, 0.15) is 18.1 Å². The fourth-order valence-corrected chi connectivity index (χ4v) is 4.82. The van der Waals surface area contributed by atoms with E-state index in [1.807, 2.05) is 91.0 Å². The van der Waals surface area contributed by atoms with Crippen LogP contribution in [0.3, 0.4) is 0 Å². The summed E-state index contributed by atoms with van der Waals surface area (Å²) in [5.41, 5.74) is 2.35. The number of hydrogen-bond acceptors (Lipinski definition) is 5. The number of amides is 1. The van der Waals surface area contributed by atoms with Crippen LogP contribution in [0, 0.1) is 0 Å². The van der Waals surface area contributed by atoms with Gasteiger partial charge in [-0.15, -0.1) is 0 Å². The molecule has 5 rings (SSSR count). The predicted octanol–water partition coefficient (Wildman–Crippen LogP) is 5.88. The van der Waals surface area contributed by atoms with Gasteiger partial charge in [-0.1, -0.05) is 78.9 Å². The molecule has 0 aromatic heterocycles. The van der Waals surface area contributed by atoms with Crippen molar-refractivity contribution >= 4 is 28.2 Å².